The molecule has 1 aliphatic heterocycles. The van der Waals surface area contributed by atoms with Crippen LogP contribution in [0.15, 0.2) is 24.3 Å². The molecular weight excluding hydrogens is 318 g/mol. The molecule has 23 heavy (non-hydrogen) atoms. The highest BCUT2D eigenvalue weighted by molar-refractivity contribution is 6.30. The number of amides is 1. The molecule has 0 bridgehead atoms. The monoisotopic (exact) mass is 335 g/mol. The second kappa shape index (κ2) is 6.70. The van der Waals surface area contributed by atoms with Crippen molar-refractivity contribution in [1.29, 1.82) is 0 Å². The predicted molar refractivity (Wildman–Crippen MR) is 86.5 cm³/mol. The third kappa shape index (κ3) is 3.39. The van der Waals surface area contributed by atoms with E-state index in [0.29, 0.717) is 23.9 Å². The molecular formula is C16H18ClN3O3. The Hall–Kier alpha value is -1.89. The van der Waals surface area contributed by atoms with Crippen molar-refractivity contribution < 1.29 is 14.6 Å². The van der Waals surface area contributed by atoms with Crippen molar-refractivity contribution in [3.05, 3.63) is 40.5 Å². The number of H-pyrrole nitrogens is 1. The summed E-state index contributed by atoms with van der Waals surface area (Å²) in [5.41, 5.74) is 2.82. The first kappa shape index (κ1) is 16.0. The van der Waals surface area contributed by atoms with Crippen LogP contribution in [0.4, 0.5) is 0 Å². The lowest BCUT2D eigenvalue weighted by atomic mass is 10.1. The summed E-state index contributed by atoms with van der Waals surface area (Å²) in [4.78, 5) is 14.3. The number of β-amino-alcohol motifs (C(OH)–C–C–N with tert-alkyl or cyclic N) is 1. The second-order valence-corrected chi connectivity index (χ2v) is 6.00. The van der Waals surface area contributed by atoms with E-state index in [4.69, 9.17) is 16.3 Å². The molecule has 7 heteroatoms. The Morgan fingerprint density at radius 1 is 1.43 bits per heavy atom. The van der Waals surface area contributed by atoms with Gasteiger partial charge in [0, 0.05) is 29.2 Å². The summed E-state index contributed by atoms with van der Waals surface area (Å²) in [5, 5.41) is 17.5. The van der Waals surface area contributed by atoms with Gasteiger partial charge in [-0.1, -0.05) is 23.7 Å². The molecule has 1 aliphatic rings. The summed E-state index contributed by atoms with van der Waals surface area (Å²) < 4.78 is 5.26. The zero-order valence-electron chi connectivity index (χ0n) is 12.8. The molecule has 0 spiro atoms. The summed E-state index contributed by atoms with van der Waals surface area (Å²) in [5.74, 6) is -0.181. The molecule has 0 aliphatic carbocycles. The molecule has 2 heterocycles. The summed E-state index contributed by atoms with van der Waals surface area (Å²) in [6.07, 6.45) is -0.666. The van der Waals surface area contributed by atoms with E-state index < -0.39 is 6.10 Å². The Labute approximate surface area is 139 Å². The highest BCUT2D eigenvalue weighted by Gasteiger charge is 2.25. The summed E-state index contributed by atoms with van der Waals surface area (Å²) in [7, 11) is 0. The van der Waals surface area contributed by atoms with E-state index in [0.717, 1.165) is 16.8 Å². The van der Waals surface area contributed by atoms with Crippen molar-refractivity contribution >= 4 is 17.5 Å². The van der Waals surface area contributed by atoms with Gasteiger partial charge in [-0.2, -0.15) is 5.10 Å². The maximum absolute atomic E-state index is 12.7. The van der Waals surface area contributed by atoms with Gasteiger partial charge in [-0.3, -0.25) is 9.89 Å². The molecule has 0 radical (unpaired) electrons. The van der Waals surface area contributed by atoms with E-state index >= 15 is 0 Å². The number of aromatic amines is 1. The fraction of sp³-hybridized carbons (Fsp3) is 0.375. The number of aromatic nitrogens is 2. The lowest BCUT2D eigenvalue weighted by Crippen LogP contribution is -2.38. The Morgan fingerprint density at radius 3 is 2.91 bits per heavy atom. The molecule has 6 nitrogen and oxygen atoms in total. The maximum Gasteiger partial charge on any atom is 0.272 e. The number of rotatable bonds is 2. The number of aliphatic hydroxyl groups is 1. The first-order valence-electron chi connectivity index (χ1n) is 7.42. The maximum atomic E-state index is 12.7. The van der Waals surface area contributed by atoms with Crippen LogP contribution in [0.5, 0.6) is 0 Å². The SMILES string of the molecule is Cc1c(-c2ccc(Cl)cc2)n[nH]c1C(=O)N1CCOC[C@@H](O)C1. The molecule has 3 rings (SSSR count). The number of aliphatic hydroxyl groups excluding tert-OH is 1. The van der Waals surface area contributed by atoms with E-state index in [-0.39, 0.29) is 19.1 Å². The van der Waals surface area contributed by atoms with E-state index in [1.54, 1.807) is 17.0 Å². The normalized spacial score (nSPS) is 18.7. The third-order valence-corrected chi connectivity index (χ3v) is 4.13. The van der Waals surface area contributed by atoms with Gasteiger partial charge in [0.25, 0.3) is 5.91 Å². The van der Waals surface area contributed by atoms with Crippen LogP contribution in [0.3, 0.4) is 0 Å². The van der Waals surface area contributed by atoms with Crippen LogP contribution in [-0.2, 0) is 4.74 Å². The fourth-order valence-electron chi connectivity index (χ4n) is 2.63. The number of carbonyl (C=O) groups excluding carboxylic acids is 1. The molecule has 1 aromatic carbocycles. The van der Waals surface area contributed by atoms with E-state index in [2.05, 4.69) is 10.2 Å². The summed E-state index contributed by atoms with van der Waals surface area (Å²) in [6.45, 7) is 3.23. The van der Waals surface area contributed by atoms with Crippen molar-refractivity contribution in [2.45, 2.75) is 13.0 Å². The van der Waals surface area contributed by atoms with Crippen LogP contribution in [0.1, 0.15) is 16.1 Å². The van der Waals surface area contributed by atoms with Gasteiger partial charge < -0.3 is 14.7 Å². The van der Waals surface area contributed by atoms with Crippen molar-refractivity contribution in [2.75, 3.05) is 26.3 Å². The number of hydrogen-bond donors (Lipinski definition) is 2. The Morgan fingerprint density at radius 2 is 2.17 bits per heavy atom. The topological polar surface area (TPSA) is 78.5 Å². The van der Waals surface area contributed by atoms with Crippen molar-refractivity contribution in [2.24, 2.45) is 0 Å². The van der Waals surface area contributed by atoms with Gasteiger partial charge in [0.05, 0.1) is 25.0 Å². The minimum absolute atomic E-state index is 0.181. The number of ether oxygens (including phenoxy) is 1. The van der Waals surface area contributed by atoms with Gasteiger partial charge in [-0.15, -0.1) is 0 Å². The quantitative estimate of drug-likeness (QED) is 0.878. The largest absolute Gasteiger partial charge is 0.389 e. The lowest BCUT2D eigenvalue weighted by molar-refractivity contribution is 0.0532. The molecule has 2 N–H and O–H groups in total. The van der Waals surface area contributed by atoms with Crippen molar-refractivity contribution in [3.8, 4) is 11.3 Å². The number of halogens is 1. The number of nitrogens with zero attached hydrogens (tertiary/aromatic N) is 2. The molecule has 1 saturated heterocycles. The minimum Gasteiger partial charge on any atom is -0.389 e. The molecule has 1 aromatic heterocycles. The van der Waals surface area contributed by atoms with Crippen LogP contribution in [0.25, 0.3) is 11.3 Å². The molecule has 0 unspecified atom stereocenters. The van der Waals surface area contributed by atoms with E-state index in [1.807, 2.05) is 19.1 Å². The number of nitrogens with one attached hydrogen (secondary N) is 1. The van der Waals surface area contributed by atoms with Crippen molar-refractivity contribution in [1.82, 2.24) is 15.1 Å². The average Bonchev–Trinajstić information content (AvgIpc) is 2.77. The minimum atomic E-state index is -0.666. The van der Waals surface area contributed by atoms with Gasteiger partial charge in [0.2, 0.25) is 0 Å². The molecule has 122 valence electrons. The van der Waals surface area contributed by atoms with E-state index in [9.17, 15) is 9.90 Å². The Bertz CT molecular complexity index is 699. The number of hydrogen-bond acceptors (Lipinski definition) is 4. The van der Waals surface area contributed by atoms with Gasteiger partial charge in [-0.05, 0) is 19.1 Å². The molecule has 1 amide bonds. The van der Waals surface area contributed by atoms with Gasteiger partial charge in [-0.25, -0.2) is 0 Å². The molecule has 2 aromatic rings. The van der Waals surface area contributed by atoms with Gasteiger partial charge in [0.1, 0.15) is 5.69 Å². The number of carbonyl (C=O) groups is 1. The highest BCUT2D eigenvalue weighted by atomic mass is 35.5. The first-order valence-corrected chi connectivity index (χ1v) is 7.80. The van der Waals surface area contributed by atoms with Gasteiger partial charge in [0.15, 0.2) is 0 Å². The standard InChI is InChI=1S/C16H18ClN3O3/c1-10-14(11-2-4-12(17)5-3-11)18-19-15(10)16(22)20-6-7-23-9-13(21)8-20/h2-5,13,21H,6-9H2,1H3,(H,18,19)/t13-/m0/s1. The smallest absolute Gasteiger partial charge is 0.272 e. The summed E-state index contributed by atoms with van der Waals surface area (Å²) >= 11 is 5.90. The zero-order valence-corrected chi connectivity index (χ0v) is 13.5. The highest BCUT2D eigenvalue weighted by Crippen LogP contribution is 2.25. The molecule has 1 fully saturated rings. The lowest BCUT2D eigenvalue weighted by Gasteiger charge is -2.20. The van der Waals surface area contributed by atoms with Crippen LogP contribution in [0, 0.1) is 6.92 Å². The van der Waals surface area contributed by atoms with Crippen LogP contribution < -0.4 is 0 Å². The fourth-order valence-corrected chi connectivity index (χ4v) is 2.76. The van der Waals surface area contributed by atoms with Crippen molar-refractivity contribution in [3.63, 3.8) is 0 Å². The predicted octanol–water partition coefficient (Wildman–Crippen LogP) is 1.87. The second-order valence-electron chi connectivity index (χ2n) is 5.56. The third-order valence-electron chi connectivity index (χ3n) is 3.88. The molecule has 0 saturated carbocycles. The Kier molecular flexibility index (Phi) is 4.66. The summed E-state index contributed by atoms with van der Waals surface area (Å²) in [6, 6.07) is 7.30. The van der Waals surface area contributed by atoms with Crippen LogP contribution in [-0.4, -0.2) is 58.5 Å². The number of benzene rings is 1. The average molecular weight is 336 g/mol. The Balaban J connectivity index is 1.86. The first-order chi connectivity index (χ1) is 11.1. The molecule has 1 atom stereocenters. The van der Waals surface area contributed by atoms with Crippen LogP contribution in [0.2, 0.25) is 5.02 Å². The van der Waals surface area contributed by atoms with E-state index in [1.165, 1.54) is 0 Å². The van der Waals surface area contributed by atoms with Gasteiger partial charge >= 0.3 is 0 Å². The van der Waals surface area contributed by atoms with Crippen LogP contribution >= 0.6 is 11.6 Å². The zero-order chi connectivity index (χ0) is 16.4.